The van der Waals surface area contributed by atoms with Crippen molar-refractivity contribution in [2.24, 2.45) is 0 Å². The van der Waals surface area contributed by atoms with E-state index in [1.54, 1.807) is 6.42 Å². The average Bonchev–Trinajstić information content (AvgIpc) is 2.25. The predicted octanol–water partition coefficient (Wildman–Crippen LogP) is 2.32. The molecule has 0 heterocycles. The largest absolute Gasteiger partial charge is 0.350 e. The molecule has 16 heavy (non-hydrogen) atoms. The highest BCUT2D eigenvalue weighted by atomic mass is 19.3. The van der Waals surface area contributed by atoms with Gasteiger partial charge in [0.1, 0.15) is 0 Å². The van der Waals surface area contributed by atoms with Gasteiger partial charge in [0.05, 0.1) is 6.54 Å². The average molecular weight is 226 g/mol. The van der Waals surface area contributed by atoms with Gasteiger partial charge in [-0.25, -0.2) is 8.78 Å². The van der Waals surface area contributed by atoms with E-state index in [9.17, 15) is 13.6 Å². The van der Waals surface area contributed by atoms with Crippen molar-refractivity contribution in [1.82, 2.24) is 5.32 Å². The van der Waals surface area contributed by atoms with Crippen molar-refractivity contribution in [2.45, 2.75) is 19.8 Å². The molecule has 87 valence electrons. The van der Waals surface area contributed by atoms with Crippen LogP contribution >= 0.6 is 0 Å². The van der Waals surface area contributed by atoms with Crippen LogP contribution in [0.15, 0.2) is 24.3 Å². The van der Waals surface area contributed by atoms with E-state index < -0.39 is 13.0 Å². The van der Waals surface area contributed by atoms with Crippen molar-refractivity contribution in [3.63, 3.8) is 0 Å². The number of rotatable bonds is 5. The van der Waals surface area contributed by atoms with Gasteiger partial charge in [-0.15, -0.1) is 0 Å². The van der Waals surface area contributed by atoms with Crippen molar-refractivity contribution in [3.05, 3.63) is 41.8 Å². The minimum Gasteiger partial charge on any atom is -0.350 e. The fourth-order valence-corrected chi connectivity index (χ4v) is 1.28. The first-order valence-electron chi connectivity index (χ1n) is 5.03. The van der Waals surface area contributed by atoms with Crippen LogP contribution < -0.4 is 5.32 Å². The number of nitrogens with one attached hydrogen (secondary N) is 1. The highest BCUT2D eigenvalue weighted by molar-refractivity contribution is 5.77. The van der Waals surface area contributed by atoms with Crippen molar-refractivity contribution in [1.29, 1.82) is 0 Å². The summed E-state index contributed by atoms with van der Waals surface area (Å²) < 4.78 is 23.6. The van der Waals surface area contributed by atoms with Crippen molar-refractivity contribution >= 4 is 5.91 Å². The molecule has 1 aromatic rings. The van der Waals surface area contributed by atoms with Crippen LogP contribution in [0.4, 0.5) is 8.78 Å². The second kappa shape index (κ2) is 6.20. The lowest BCUT2D eigenvalue weighted by Crippen LogP contribution is -2.28. The standard InChI is InChI=1S/C12H14F2NO/c1-9-4-2-3-5-10(9)6-7-12(16)15-8-11(13)14/h2-6,11H,7-8H2,1H3,(H,15,16). The molecule has 1 aromatic carbocycles. The third-order valence-electron chi connectivity index (χ3n) is 2.15. The fourth-order valence-electron chi connectivity index (χ4n) is 1.28. The fraction of sp³-hybridized carbons (Fsp3) is 0.333. The lowest BCUT2D eigenvalue weighted by Gasteiger charge is -2.06. The molecule has 1 N–H and O–H groups in total. The molecule has 2 nitrogen and oxygen atoms in total. The Hall–Kier alpha value is -1.45. The summed E-state index contributed by atoms with van der Waals surface area (Å²) >= 11 is 0. The number of hydrogen-bond acceptors (Lipinski definition) is 1. The molecule has 1 radical (unpaired) electrons. The first kappa shape index (κ1) is 12.6. The molecule has 0 unspecified atom stereocenters. The van der Waals surface area contributed by atoms with Crippen LogP contribution in [0.2, 0.25) is 0 Å². The first-order chi connectivity index (χ1) is 7.59. The molecule has 0 atom stereocenters. The lowest BCUT2D eigenvalue weighted by molar-refractivity contribution is -0.121. The van der Waals surface area contributed by atoms with Crippen LogP contribution in [-0.2, 0) is 4.79 Å². The third kappa shape index (κ3) is 4.38. The van der Waals surface area contributed by atoms with E-state index in [-0.39, 0.29) is 12.3 Å². The molecule has 0 aliphatic heterocycles. The van der Waals surface area contributed by atoms with Crippen molar-refractivity contribution in [2.75, 3.05) is 6.54 Å². The van der Waals surface area contributed by atoms with Gasteiger partial charge in [-0.2, -0.15) is 0 Å². The minimum atomic E-state index is -2.50. The third-order valence-corrected chi connectivity index (χ3v) is 2.15. The number of amides is 1. The maximum atomic E-state index is 11.8. The Balaban J connectivity index is 2.35. The van der Waals surface area contributed by atoms with Crippen LogP contribution in [0.1, 0.15) is 17.5 Å². The van der Waals surface area contributed by atoms with E-state index in [1.807, 2.05) is 31.2 Å². The number of alkyl halides is 2. The molecule has 1 rings (SSSR count). The monoisotopic (exact) mass is 226 g/mol. The summed E-state index contributed by atoms with van der Waals surface area (Å²) in [7, 11) is 0. The van der Waals surface area contributed by atoms with E-state index in [4.69, 9.17) is 0 Å². The van der Waals surface area contributed by atoms with Gasteiger partial charge in [-0.3, -0.25) is 4.79 Å². The number of halogens is 2. The molecule has 0 spiro atoms. The Labute approximate surface area is 93.7 Å². The Kier molecular flexibility index (Phi) is 4.89. The predicted molar refractivity (Wildman–Crippen MR) is 58.2 cm³/mol. The normalized spacial score (nSPS) is 10.5. The molecule has 0 bridgehead atoms. The molecule has 0 aliphatic rings. The van der Waals surface area contributed by atoms with Gasteiger partial charge in [0.25, 0.3) is 6.43 Å². The second-order valence-electron chi connectivity index (χ2n) is 3.46. The molecule has 0 saturated carbocycles. The highest BCUT2D eigenvalue weighted by Gasteiger charge is 2.07. The molecule has 1 amide bonds. The summed E-state index contributed by atoms with van der Waals surface area (Å²) in [5, 5.41) is 2.15. The smallest absolute Gasteiger partial charge is 0.255 e. The SMILES string of the molecule is Cc1ccccc1[CH]CC(=O)NCC(F)F. The minimum absolute atomic E-state index is 0.123. The zero-order chi connectivity index (χ0) is 12.0. The Morgan fingerprint density at radius 2 is 2.12 bits per heavy atom. The molecular weight excluding hydrogens is 212 g/mol. The molecule has 0 aromatic heterocycles. The van der Waals surface area contributed by atoms with Crippen LogP contribution in [0.25, 0.3) is 0 Å². The van der Waals surface area contributed by atoms with Gasteiger partial charge in [0.15, 0.2) is 0 Å². The van der Waals surface area contributed by atoms with Crippen molar-refractivity contribution < 1.29 is 13.6 Å². The highest BCUT2D eigenvalue weighted by Crippen LogP contribution is 2.11. The van der Waals surface area contributed by atoms with Gasteiger partial charge < -0.3 is 5.32 Å². The lowest BCUT2D eigenvalue weighted by atomic mass is 10.0. The zero-order valence-electron chi connectivity index (χ0n) is 9.04. The molecule has 0 fully saturated rings. The first-order valence-corrected chi connectivity index (χ1v) is 5.03. The van der Waals surface area contributed by atoms with E-state index in [0.29, 0.717) is 0 Å². The van der Waals surface area contributed by atoms with Crippen LogP contribution in [0.3, 0.4) is 0 Å². The summed E-state index contributed by atoms with van der Waals surface area (Å²) in [5.74, 6) is -0.386. The topological polar surface area (TPSA) is 29.1 Å². The van der Waals surface area contributed by atoms with E-state index in [2.05, 4.69) is 5.32 Å². The van der Waals surface area contributed by atoms with E-state index in [0.717, 1.165) is 11.1 Å². The Morgan fingerprint density at radius 3 is 2.75 bits per heavy atom. The quantitative estimate of drug-likeness (QED) is 0.820. The van der Waals surface area contributed by atoms with Gasteiger partial charge >= 0.3 is 0 Å². The van der Waals surface area contributed by atoms with Gasteiger partial charge in [-0.05, 0) is 18.1 Å². The Morgan fingerprint density at radius 1 is 1.44 bits per heavy atom. The van der Waals surface area contributed by atoms with Gasteiger partial charge in [0.2, 0.25) is 5.91 Å². The summed E-state index contributed by atoms with van der Waals surface area (Å²) in [6.07, 6.45) is -0.643. The number of carbonyl (C=O) groups excluding carboxylic acids is 1. The summed E-state index contributed by atoms with van der Waals surface area (Å²) in [5.41, 5.74) is 2.01. The maximum Gasteiger partial charge on any atom is 0.255 e. The van der Waals surface area contributed by atoms with Gasteiger partial charge in [0, 0.05) is 12.8 Å². The summed E-state index contributed by atoms with van der Waals surface area (Å²) in [4.78, 5) is 11.2. The number of benzene rings is 1. The van der Waals surface area contributed by atoms with Gasteiger partial charge in [-0.1, -0.05) is 24.3 Å². The second-order valence-corrected chi connectivity index (χ2v) is 3.46. The van der Waals surface area contributed by atoms with E-state index >= 15 is 0 Å². The summed E-state index contributed by atoms with van der Waals surface area (Å²) in [6, 6.07) is 7.60. The molecule has 0 saturated heterocycles. The number of hydrogen-bond donors (Lipinski definition) is 1. The Bertz CT molecular complexity index is 353. The number of carbonyl (C=O) groups is 1. The van der Waals surface area contributed by atoms with Crippen molar-refractivity contribution in [3.8, 4) is 0 Å². The molecular formula is C12H14F2NO. The zero-order valence-corrected chi connectivity index (χ0v) is 9.04. The molecule has 0 aliphatic carbocycles. The van der Waals surface area contributed by atoms with E-state index in [1.165, 1.54) is 0 Å². The number of aryl methyl sites for hydroxylation is 1. The molecule has 4 heteroatoms. The van der Waals surface area contributed by atoms with Crippen LogP contribution in [0, 0.1) is 13.3 Å². The maximum absolute atomic E-state index is 11.8. The van der Waals surface area contributed by atoms with Crippen LogP contribution in [0.5, 0.6) is 0 Å². The summed E-state index contributed by atoms with van der Waals surface area (Å²) in [6.45, 7) is 1.35. The van der Waals surface area contributed by atoms with Crippen LogP contribution in [-0.4, -0.2) is 18.9 Å².